The summed E-state index contributed by atoms with van der Waals surface area (Å²) in [6.45, 7) is 9.55. The summed E-state index contributed by atoms with van der Waals surface area (Å²) in [6.07, 6.45) is -0.795. The molecule has 36 heavy (non-hydrogen) atoms. The molecule has 0 radical (unpaired) electrons. The van der Waals surface area contributed by atoms with E-state index in [1.165, 1.54) is 26.0 Å². The first kappa shape index (κ1) is 30.5. The summed E-state index contributed by atoms with van der Waals surface area (Å²) in [6, 6.07) is 5.85. The summed E-state index contributed by atoms with van der Waals surface area (Å²) in [5.74, 6) is -2.68. The first-order chi connectivity index (χ1) is 17.0. The molecule has 1 rings (SSSR count). The molecule has 0 fully saturated rings. The molecule has 0 aliphatic rings. The number of benzene rings is 1. The van der Waals surface area contributed by atoms with Crippen molar-refractivity contribution < 1.29 is 48.3 Å². The molecule has 1 aromatic rings. The number of hydrogen-bond donors (Lipinski definition) is 2. The van der Waals surface area contributed by atoms with Gasteiger partial charge in [0.05, 0.1) is 36.5 Å². The standard InChI is InChI=1S/C26H34O10/c1-17(2)23(29)33-13-7-9-19(27)15-35-25(31)21-11-5-6-12-22(21)26(32)36-16-20(28)10-8-14-34-24(30)18(3)4/h5-6,11-12,19-20,27-28H,1,3,7-10,13-16H2,2,4H3. The van der Waals surface area contributed by atoms with Crippen LogP contribution in [-0.2, 0) is 28.5 Å². The summed E-state index contributed by atoms with van der Waals surface area (Å²) in [5.41, 5.74) is 0.452. The van der Waals surface area contributed by atoms with Gasteiger partial charge in [0.25, 0.3) is 0 Å². The van der Waals surface area contributed by atoms with Crippen LogP contribution in [0.2, 0.25) is 0 Å². The van der Waals surface area contributed by atoms with Gasteiger partial charge in [-0.15, -0.1) is 0 Å². The number of hydrogen-bond acceptors (Lipinski definition) is 10. The fourth-order valence-corrected chi connectivity index (χ4v) is 2.72. The average Bonchev–Trinajstić information content (AvgIpc) is 2.85. The normalized spacial score (nSPS) is 12.1. The van der Waals surface area contributed by atoms with Crippen molar-refractivity contribution in [1.82, 2.24) is 0 Å². The Morgan fingerprint density at radius 3 is 1.42 bits per heavy atom. The molecule has 2 atom stereocenters. The highest BCUT2D eigenvalue weighted by molar-refractivity contribution is 6.03. The summed E-state index contributed by atoms with van der Waals surface area (Å²) in [5, 5.41) is 20.0. The third kappa shape index (κ3) is 11.8. The van der Waals surface area contributed by atoms with E-state index in [9.17, 15) is 29.4 Å². The summed E-state index contributed by atoms with van der Waals surface area (Å²) < 4.78 is 20.1. The van der Waals surface area contributed by atoms with Gasteiger partial charge in [0.1, 0.15) is 13.2 Å². The van der Waals surface area contributed by atoms with Gasteiger partial charge < -0.3 is 29.2 Å². The Labute approximate surface area is 210 Å². The maximum Gasteiger partial charge on any atom is 0.339 e. The zero-order chi connectivity index (χ0) is 27.1. The molecule has 0 saturated carbocycles. The lowest BCUT2D eigenvalue weighted by Gasteiger charge is -2.14. The molecule has 0 aliphatic heterocycles. The molecule has 0 spiro atoms. The molecule has 198 valence electrons. The summed E-state index contributed by atoms with van der Waals surface area (Å²) in [4.78, 5) is 47.5. The minimum absolute atomic E-state index is 0.0497. The Hall–Kier alpha value is -3.50. The molecular formula is C26H34O10. The first-order valence-corrected chi connectivity index (χ1v) is 11.5. The van der Waals surface area contributed by atoms with Gasteiger partial charge in [-0.2, -0.15) is 0 Å². The summed E-state index contributed by atoms with van der Waals surface area (Å²) in [7, 11) is 0. The van der Waals surface area contributed by atoms with E-state index in [4.69, 9.17) is 18.9 Å². The topological polar surface area (TPSA) is 146 Å². The van der Waals surface area contributed by atoms with Crippen LogP contribution in [0.15, 0.2) is 48.6 Å². The lowest BCUT2D eigenvalue weighted by atomic mass is 10.1. The zero-order valence-electron chi connectivity index (χ0n) is 20.7. The fraction of sp³-hybridized carbons (Fsp3) is 0.462. The van der Waals surface area contributed by atoms with Crippen molar-refractivity contribution >= 4 is 23.9 Å². The lowest BCUT2D eigenvalue weighted by Crippen LogP contribution is -2.23. The van der Waals surface area contributed by atoms with Crippen LogP contribution in [0.4, 0.5) is 0 Å². The number of esters is 4. The van der Waals surface area contributed by atoms with Gasteiger partial charge in [0.2, 0.25) is 0 Å². The second-order valence-corrected chi connectivity index (χ2v) is 8.17. The Morgan fingerprint density at radius 2 is 1.08 bits per heavy atom. The number of ether oxygens (including phenoxy) is 4. The van der Waals surface area contributed by atoms with Crippen LogP contribution >= 0.6 is 0 Å². The highest BCUT2D eigenvalue weighted by atomic mass is 16.6. The molecule has 2 N–H and O–H groups in total. The fourth-order valence-electron chi connectivity index (χ4n) is 2.72. The zero-order valence-corrected chi connectivity index (χ0v) is 20.7. The maximum absolute atomic E-state index is 12.5. The number of aliphatic hydroxyl groups is 2. The van der Waals surface area contributed by atoms with Crippen LogP contribution in [0.3, 0.4) is 0 Å². The first-order valence-electron chi connectivity index (χ1n) is 11.5. The van der Waals surface area contributed by atoms with Gasteiger partial charge in [-0.05, 0) is 51.7 Å². The minimum atomic E-state index is -0.985. The molecule has 0 aromatic heterocycles. The van der Waals surface area contributed by atoms with E-state index in [-0.39, 0.29) is 61.5 Å². The monoisotopic (exact) mass is 506 g/mol. The van der Waals surface area contributed by atoms with Crippen LogP contribution < -0.4 is 0 Å². The van der Waals surface area contributed by atoms with Gasteiger partial charge in [-0.3, -0.25) is 0 Å². The molecule has 0 saturated heterocycles. The van der Waals surface area contributed by atoms with Crippen molar-refractivity contribution in [3.05, 3.63) is 59.7 Å². The van der Waals surface area contributed by atoms with Crippen molar-refractivity contribution in [3.8, 4) is 0 Å². The van der Waals surface area contributed by atoms with E-state index >= 15 is 0 Å². The number of aliphatic hydroxyl groups excluding tert-OH is 2. The van der Waals surface area contributed by atoms with E-state index in [0.29, 0.717) is 12.8 Å². The van der Waals surface area contributed by atoms with Crippen molar-refractivity contribution in [2.24, 2.45) is 0 Å². The molecule has 10 heteroatoms. The minimum Gasteiger partial charge on any atom is -0.462 e. The molecule has 0 amide bonds. The third-order valence-corrected chi connectivity index (χ3v) is 4.71. The van der Waals surface area contributed by atoms with Gasteiger partial charge in [0.15, 0.2) is 0 Å². The van der Waals surface area contributed by atoms with Crippen molar-refractivity contribution in [3.63, 3.8) is 0 Å². The Balaban J connectivity index is 2.46. The second kappa shape index (κ2) is 16.2. The van der Waals surface area contributed by atoms with Gasteiger partial charge >= 0.3 is 23.9 Å². The molecule has 0 aliphatic carbocycles. The van der Waals surface area contributed by atoms with Crippen molar-refractivity contribution in [2.45, 2.75) is 51.7 Å². The van der Waals surface area contributed by atoms with Crippen LogP contribution in [-0.4, -0.2) is 72.7 Å². The predicted octanol–water partition coefficient (Wildman–Crippen LogP) is 2.52. The summed E-state index contributed by atoms with van der Waals surface area (Å²) >= 11 is 0. The van der Waals surface area contributed by atoms with E-state index in [2.05, 4.69) is 13.2 Å². The van der Waals surface area contributed by atoms with Crippen LogP contribution in [0, 0.1) is 0 Å². The number of carbonyl (C=O) groups excluding carboxylic acids is 4. The Kier molecular flexibility index (Phi) is 13.8. The van der Waals surface area contributed by atoms with Crippen LogP contribution in [0.1, 0.15) is 60.2 Å². The molecule has 0 heterocycles. The smallest absolute Gasteiger partial charge is 0.339 e. The molecule has 10 nitrogen and oxygen atoms in total. The second-order valence-electron chi connectivity index (χ2n) is 8.17. The lowest BCUT2D eigenvalue weighted by molar-refractivity contribution is -0.140. The highest BCUT2D eigenvalue weighted by Gasteiger charge is 2.21. The largest absolute Gasteiger partial charge is 0.462 e. The Morgan fingerprint density at radius 1 is 0.722 bits per heavy atom. The molecule has 1 aromatic carbocycles. The van der Waals surface area contributed by atoms with Crippen LogP contribution in [0.5, 0.6) is 0 Å². The number of carbonyl (C=O) groups is 4. The molecular weight excluding hydrogens is 472 g/mol. The number of rotatable bonds is 16. The van der Waals surface area contributed by atoms with E-state index in [1.807, 2.05) is 0 Å². The maximum atomic E-state index is 12.5. The van der Waals surface area contributed by atoms with E-state index in [1.54, 1.807) is 12.1 Å². The SMILES string of the molecule is C=C(C)C(=O)OCCCC(O)COC(=O)c1ccccc1C(=O)OCC(O)CCCOC(=O)C(=C)C. The van der Waals surface area contributed by atoms with Gasteiger partial charge in [0, 0.05) is 11.1 Å². The van der Waals surface area contributed by atoms with Crippen molar-refractivity contribution in [2.75, 3.05) is 26.4 Å². The van der Waals surface area contributed by atoms with Crippen molar-refractivity contribution in [1.29, 1.82) is 0 Å². The van der Waals surface area contributed by atoms with E-state index < -0.39 is 36.1 Å². The molecule has 2 unspecified atom stereocenters. The van der Waals surface area contributed by atoms with Gasteiger partial charge in [-0.1, -0.05) is 25.3 Å². The third-order valence-electron chi connectivity index (χ3n) is 4.71. The van der Waals surface area contributed by atoms with Crippen LogP contribution in [0.25, 0.3) is 0 Å². The van der Waals surface area contributed by atoms with Gasteiger partial charge in [-0.25, -0.2) is 19.2 Å². The Bertz CT molecular complexity index is 861. The quantitative estimate of drug-likeness (QED) is 0.148. The average molecular weight is 507 g/mol. The molecule has 0 bridgehead atoms. The highest BCUT2D eigenvalue weighted by Crippen LogP contribution is 2.13. The predicted molar refractivity (Wildman–Crippen MR) is 129 cm³/mol. The van der Waals surface area contributed by atoms with E-state index in [0.717, 1.165) is 0 Å².